The van der Waals surface area contributed by atoms with Crippen molar-refractivity contribution in [2.24, 2.45) is 0 Å². The summed E-state index contributed by atoms with van der Waals surface area (Å²) in [6, 6.07) is 11.5. The van der Waals surface area contributed by atoms with Crippen LogP contribution in [0.15, 0.2) is 42.5 Å². The van der Waals surface area contributed by atoms with Crippen LogP contribution >= 0.6 is 0 Å². The van der Waals surface area contributed by atoms with E-state index in [-0.39, 0.29) is 18.4 Å². The number of anilines is 1. The standard InChI is InChI=1S/C19H19FN2O3/c1-22-17-7-5-13(9-14(17)6-8-19(22)24)11-21-18(23)12-25-16-4-2-3-15(20)10-16/h2-5,7,9-10H,6,8,11-12H2,1H3,(H,21,23). The van der Waals surface area contributed by atoms with Gasteiger partial charge in [0.15, 0.2) is 6.61 Å². The van der Waals surface area contributed by atoms with Crippen LogP contribution in [-0.2, 0) is 22.6 Å². The number of nitrogens with one attached hydrogen (secondary N) is 1. The molecule has 3 rings (SSSR count). The summed E-state index contributed by atoms with van der Waals surface area (Å²) in [5.41, 5.74) is 2.98. The van der Waals surface area contributed by atoms with Crippen LogP contribution in [0.3, 0.4) is 0 Å². The Bertz CT molecular complexity index is 807. The van der Waals surface area contributed by atoms with Gasteiger partial charge in [-0.3, -0.25) is 9.59 Å². The third-order valence-electron chi connectivity index (χ3n) is 4.14. The number of halogens is 1. The monoisotopic (exact) mass is 342 g/mol. The van der Waals surface area contributed by atoms with Crippen molar-refractivity contribution in [3.63, 3.8) is 0 Å². The lowest BCUT2D eigenvalue weighted by Crippen LogP contribution is -2.31. The summed E-state index contributed by atoms with van der Waals surface area (Å²) < 4.78 is 18.3. The van der Waals surface area contributed by atoms with Crippen LogP contribution in [0.5, 0.6) is 5.75 Å². The highest BCUT2D eigenvalue weighted by molar-refractivity contribution is 5.95. The number of fused-ring (bicyclic) bond motifs is 1. The molecular weight excluding hydrogens is 323 g/mol. The molecule has 0 saturated heterocycles. The van der Waals surface area contributed by atoms with Crippen molar-refractivity contribution in [2.45, 2.75) is 19.4 Å². The number of nitrogens with zero attached hydrogens (tertiary/aromatic N) is 1. The molecular formula is C19H19FN2O3. The Morgan fingerprint density at radius 2 is 2.08 bits per heavy atom. The number of benzene rings is 2. The van der Waals surface area contributed by atoms with E-state index < -0.39 is 5.82 Å². The molecule has 0 saturated carbocycles. The van der Waals surface area contributed by atoms with Gasteiger partial charge in [0.1, 0.15) is 11.6 Å². The van der Waals surface area contributed by atoms with Crippen LogP contribution in [-0.4, -0.2) is 25.5 Å². The fourth-order valence-electron chi connectivity index (χ4n) is 2.78. The largest absolute Gasteiger partial charge is 0.484 e. The van der Waals surface area contributed by atoms with Gasteiger partial charge in [0.25, 0.3) is 5.91 Å². The van der Waals surface area contributed by atoms with Gasteiger partial charge in [0.2, 0.25) is 5.91 Å². The minimum absolute atomic E-state index is 0.114. The Balaban J connectivity index is 1.53. The first-order valence-corrected chi connectivity index (χ1v) is 8.06. The minimum atomic E-state index is -0.407. The van der Waals surface area contributed by atoms with E-state index in [2.05, 4.69) is 5.32 Å². The van der Waals surface area contributed by atoms with Gasteiger partial charge in [0, 0.05) is 31.8 Å². The van der Waals surface area contributed by atoms with Crippen LogP contribution < -0.4 is 15.0 Å². The lowest BCUT2D eigenvalue weighted by atomic mass is 9.99. The maximum Gasteiger partial charge on any atom is 0.258 e. The highest BCUT2D eigenvalue weighted by Crippen LogP contribution is 2.27. The molecule has 1 aliphatic rings. The predicted molar refractivity (Wildman–Crippen MR) is 91.9 cm³/mol. The van der Waals surface area contributed by atoms with E-state index in [4.69, 9.17) is 4.74 Å². The van der Waals surface area contributed by atoms with Crippen LogP contribution in [0.2, 0.25) is 0 Å². The highest BCUT2D eigenvalue weighted by Gasteiger charge is 2.20. The topological polar surface area (TPSA) is 58.6 Å². The second-order valence-electron chi connectivity index (χ2n) is 5.94. The second kappa shape index (κ2) is 7.34. The molecule has 0 aromatic heterocycles. The third-order valence-corrected chi connectivity index (χ3v) is 4.14. The van der Waals surface area contributed by atoms with Crippen molar-refractivity contribution in [1.29, 1.82) is 0 Å². The summed E-state index contributed by atoms with van der Waals surface area (Å²) in [5, 5.41) is 2.77. The van der Waals surface area contributed by atoms with Crippen LogP contribution in [0.1, 0.15) is 17.5 Å². The predicted octanol–water partition coefficient (Wildman–Crippen LogP) is 2.43. The van der Waals surface area contributed by atoms with E-state index >= 15 is 0 Å². The van der Waals surface area contributed by atoms with Gasteiger partial charge < -0.3 is 15.0 Å². The average molecular weight is 342 g/mol. The van der Waals surface area contributed by atoms with Gasteiger partial charge in [-0.25, -0.2) is 4.39 Å². The van der Waals surface area contributed by atoms with Crippen molar-refractivity contribution >= 4 is 17.5 Å². The second-order valence-corrected chi connectivity index (χ2v) is 5.94. The summed E-state index contributed by atoms with van der Waals surface area (Å²) in [7, 11) is 1.77. The Morgan fingerprint density at radius 3 is 2.88 bits per heavy atom. The van der Waals surface area contributed by atoms with Gasteiger partial charge in [-0.1, -0.05) is 18.2 Å². The molecule has 1 N–H and O–H groups in total. The zero-order valence-electron chi connectivity index (χ0n) is 13.9. The Hall–Kier alpha value is -2.89. The zero-order valence-corrected chi connectivity index (χ0v) is 13.9. The van der Waals surface area contributed by atoms with E-state index in [9.17, 15) is 14.0 Å². The highest BCUT2D eigenvalue weighted by atomic mass is 19.1. The number of hydrogen-bond acceptors (Lipinski definition) is 3. The molecule has 2 aromatic rings. The fourth-order valence-corrected chi connectivity index (χ4v) is 2.78. The first kappa shape index (κ1) is 17.0. The molecule has 2 aromatic carbocycles. The van der Waals surface area contributed by atoms with Crippen molar-refractivity contribution in [3.05, 3.63) is 59.4 Å². The lowest BCUT2D eigenvalue weighted by molar-refractivity contribution is -0.123. The van der Waals surface area contributed by atoms with Crippen molar-refractivity contribution in [3.8, 4) is 5.75 Å². The molecule has 0 atom stereocenters. The molecule has 0 unspecified atom stereocenters. The van der Waals surface area contributed by atoms with Gasteiger partial charge in [0.05, 0.1) is 0 Å². The van der Waals surface area contributed by atoms with Gasteiger partial charge in [-0.15, -0.1) is 0 Å². The average Bonchev–Trinajstić information content (AvgIpc) is 2.61. The number of ether oxygens (including phenoxy) is 1. The van der Waals surface area contributed by atoms with E-state index in [1.54, 1.807) is 18.0 Å². The normalized spacial score (nSPS) is 13.4. The third kappa shape index (κ3) is 4.15. The van der Waals surface area contributed by atoms with Gasteiger partial charge >= 0.3 is 0 Å². The summed E-state index contributed by atoms with van der Waals surface area (Å²) >= 11 is 0. The molecule has 2 amide bonds. The first-order valence-electron chi connectivity index (χ1n) is 8.06. The smallest absolute Gasteiger partial charge is 0.258 e. The van der Waals surface area contributed by atoms with E-state index in [0.29, 0.717) is 25.1 Å². The van der Waals surface area contributed by atoms with Crippen molar-refractivity contribution < 1.29 is 18.7 Å². The quantitative estimate of drug-likeness (QED) is 0.908. The molecule has 0 aliphatic carbocycles. The number of amides is 2. The maximum absolute atomic E-state index is 13.0. The number of aryl methyl sites for hydroxylation is 1. The first-order chi connectivity index (χ1) is 12.0. The van der Waals surface area contributed by atoms with Crippen LogP contribution in [0.25, 0.3) is 0 Å². The molecule has 1 aliphatic heterocycles. The number of carbonyl (C=O) groups is 2. The molecule has 130 valence electrons. The SMILES string of the molecule is CN1C(=O)CCc2cc(CNC(=O)COc3cccc(F)c3)ccc21. The Morgan fingerprint density at radius 1 is 1.24 bits per heavy atom. The zero-order chi connectivity index (χ0) is 17.8. The molecule has 0 fully saturated rings. The number of hydrogen-bond donors (Lipinski definition) is 1. The van der Waals surface area contributed by atoms with Crippen molar-refractivity contribution in [1.82, 2.24) is 5.32 Å². The van der Waals surface area contributed by atoms with Crippen LogP contribution in [0, 0.1) is 5.82 Å². The van der Waals surface area contributed by atoms with E-state index in [1.165, 1.54) is 18.2 Å². The molecule has 25 heavy (non-hydrogen) atoms. The summed E-state index contributed by atoms with van der Waals surface area (Å²) in [4.78, 5) is 25.2. The fraction of sp³-hybridized carbons (Fsp3) is 0.263. The van der Waals surface area contributed by atoms with Crippen LogP contribution in [0.4, 0.5) is 10.1 Å². The summed E-state index contributed by atoms with van der Waals surface area (Å²) in [6.45, 7) is 0.196. The van der Waals surface area contributed by atoms with Crippen molar-refractivity contribution in [2.75, 3.05) is 18.6 Å². The molecule has 1 heterocycles. The van der Waals surface area contributed by atoms with Gasteiger partial charge in [-0.2, -0.15) is 0 Å². The van der Waals surface area contributed by atoms with Gasteiger partial charge in [-0.05, 0) is 35.7 Å². The molecule has 0 bridgehead atoms. The molecule has 5 nitrogen and oxygen atoms in total. The van der Waals surface area contributed by atoms with E-state index in [0.717, 1.165) is 16.8 Å². The Kier molecular flexibility index (Phi) is 4.97. The Labute approximate surface area is 145 Å². The minimum Gasteiger partial charge on any atom is -0.484 e. The van der Waals surface area contributed by atoms with E-state index in [1.807, 2.05) is 18.2 Å². The summed E-state index contributed by atoms with van der Waals surface area (Å²) in [5.74, 6) is -0.260. The molecule has 0 spiro atoms. The summed E-state index contributed by atoms with van der Waals surface area (Å²) in [6.07, 6.45) is 1.21. The lowest BCUT2D eigenvalue weighted by Gasteiger charge is -2.26. The maximum atomic E-state index is 13.0. The number of rotatable bonds is 5. The number of carbonyl (C=O) groups excluding carboxylic acids is 2. The molecule has 6 heteroatoms. The molecule has 0 radical (unpaired) electrons.